The van der Waals surface area contributed by atoms with E-state index in [0.717, 1.165) is 39.0 Å². The number of fused-ring (bicyclic) bond motifs is 3. The Morgan fingerprint density at radius 2 is 1.87 bits per heavy atom. The third-order valence-electron chi connectivity index (χ3n) is 6.71. The molecule has 4 heterocycles. The first-order valence-corrected chi connectivity index (χ1v) is 10.6. The number of oxazole rings is 1. The van der Waals surface area contributed by atoms with Crippen LogP contribution in [0.25, 0.3) is 11.1 Å². The SMILES string of the molecule is CN1C2CCCC1CC(NC(=O)c1cccc3oc(N4CCNCC4)nc13)C2.Cl.Cl. The number of carbonyl (C=O) groups is 1. The van der Waals surface area contributed by atoms with Crippen LogP contribution in [0.1, 0.15) is 42.5 Å². The minimum atomic E-state index is -0.0293. The molecule has 1 aromatic heterocycles. The molecular weight excluding hydrogens is 425 g/mol. The van der Waals surface area contributed by atoms with Crippen LogP contribution in [0, 0.1) is 0 Å². The topological polar surface area (TPSA) is 73.6 Å². The van der Waals surface area contributed by atoms with Gasteiger partial charge in [-0.1, -0.05) is 12.5 Å². The summed E-state index contributed by atoms with van der Waals surface area (Å²) in [6.45, 7) is 3.58. The van der Waals surface area contributed by atoms with Crippen molar-refractivity contribution in [1.29, 1.82) is 0 Å². The predicted molar refractivity (Wildman–Crippen MR) is 123 cm³/mol. The van der Waals surface area contributed by atoms with Gasteiger partial charge in [0.2, 0.25) is 0 Å². The number of piperazine rings is 1. The zero-order chi connectivity index (χ0) is 19.1. The second-order valence-corrected chi connectivity index (χ2v) is 8.43. The van der Waals surface area contributed by atoms with Crippen molar-refractivity contribution in [2.75, 3.05) is 38.1 Å². The van der Waals surface area contributed by atoms with E-state index in [1.165, 1.54) is 19.3 Å². The number of hydrogen-bond acceptors (Lipinski definition) is 6. The monoisotopic (exact) mass is 455 g/mol. The van der Waals surface area contributed by atoms with Gasteiger partial charge in [-0.25, -0.2) is 0 Å². The second-order valence-electron chi connectivity index (χ2n) is 8.43. The van der Waals surface area contributed by atoms with Crippen LogP contribution in [-0.2, 0) is 0 Å². The highest BCUT2D eigenvalue weighted by atomic mass is 35.5. The molecule has 1 aromatic carbocycles. The van der Waals surface area contributed by atoms with Crippen molar-refractivity contribution in [1.82, 2.24) is 20.5 Å². The lowest BCUT2D eigenvalue weighted by molar-refractivity contribution is 0.0463. The van der Waals surface area contributed by atoms with Crippen molar-refractivity contribution in [3.63, 3.8) is 0 Å². The molecule has 166 valence electrons. The Kier molecular flexibility index (Phi) is 7.50. The molecule has 30 heavy (non-hydrogen) atoms. The van der Waals surface area contributed by atoms with Crippen LogP contribution >= 0.6 is 24.8 Å². The van der Waals surface area contributed by atoms with Crippen LogP contribution in [0.5, 0.6) is 0 Å². The molecule has 0 aliphatic carbocycles. The minimum absolute atomic E-state index is 0. The Labute approximate surface area is 189 Å². The fourth-order valence-corrected chi connectivity index (χ4v) is 5.11. The molecule has 9 heteroatoms. The molecular formula is C21H31Cl2N5O2. The van der Waals surface area contributed by atoms with Crippen LogP contribution in [0.3, 0.4) is 0 Å². The van der Waals surface area contributed by atoms with E-state index in [4.69, 9.17) is 4.42 Å². The van der Waals surface area contributed by atoms with Gasteiger partial charge in [-0.15, -0.1) is 24.8 Å². The van der Waals surface area contributed by atoms with Gasteiger partial charge in [0.15, 0.2) is 5.58 Å². The number of nitrogens with one attached hydrogen (secondary N) is 2. The van der Waals surface area contributed by atoms with Gasteiger partial charge in [0.05, 0.1) is 5.56 Å². The molecule has 2 aromatic rings. The first kappa shape index (κ1) is 23.1. The van der Waals surface area contributed by atoms with E-state index in [9.17, 15) is 4.79 Å². The number of aromatic nitrogens is 1. The number of para-hydroxylation sites is 1. The Balaban J connectivity index is 0.00000128. The molecule has 0 saturated carbocycles. The van der Waals surface area contributed by atoms with Crippen LogP contribution < -0.4 is 15.5 Å². The lowest BCUT2D eigenvalue weighted by atomic mass is 9.82. The third kappa shape index (κ3) is 4.40. The average Bonchev–Trinajstić information content (AvgIpc) is 3.14. The molecule has 3 saturated heterocycles. The summed E-state index contributed by atoms with van der Waals surface area (Å²) >= 11 is 0. The van der Waals surface area contributed by atoms with E-state index in [0.29, 0.717) is 34.8 Å². The summed E-state index contributed by atoms with van der Waals surface area (Å²) in [7, 11) is 2.24. The van der Waals surface area contributed by atoms with Crippen LogP contribution in [-0.4, -0.2) is 67.1 Å². The van der Waals surface area contributed by atoms with Crippen molar-refractivity contribution in [3.05, 3.63) is 23.8 Å². The Morgan fingerprint density at radius 1 is 1.17 bits per heavy atom. The van der Waals surface area contributed by atoms with Crippen molar-refractivity contribution in [2.45, 2.75) is 50.2 Å². The van der Waals surface area contributed by atoms with Crippen LogP contribution in [0.4, 0.5) is 6.01 Å². The van der Waals surface area contributed by atoms with Gasteiger partial charge < -0.3 is 24.9 Å². The number of anilines is 1. The summed E-state index contributed by atoms with van der Waals surface area (Å²) in [6.07, 6.45) is 5.88. The predicted octanol–water partition coefficient (Wildman–Crippen LogP) is 2.83. The Morgan fingerprint density at radius 3 is 2.57 bits per heavy atom. The van der Waals surface area contributed by atoms with Crippen molar-refractivity contribution >= 4 is 47.8 Å². The highest BCUT2D eigenvalue weighted by Crippen LogP contribution is 2.33. The van der Waals surface area contributed by atoms with Gasteiger partial charge >= 0.3 is 0 Å². The smallest absolute Gasteiger partial charge is 0.298 e. The second kappa shape index (κ2) is 9.73. The molecule has 1 amide bonds. The molecule has 2 atom stereocenters. The standard InChI is InChI=1S/C21H29N5O2.2ClH/c1-25-15-4-2-5-16(25)13-14(12-15)23-20(27)17-6-3-7-18-19(17)24-21(28-18)26-10-8-22-9-11-26;;/h3,6-7,14-16,22H,2,4-5,8-13H2,1H3,(H,23,27);2*1H. The van der Waals surface area contributed by atoms with E-state index in [-0.39, 0.29) is 36.8 Å². The maximum Gasteiger partial charge on any atom is 0.298 e. The minimum Gasteiger partial charge on any atom is -0.423 e. The largest absolute Gasteiger partial charge is 0.423 e. The van der Waals surface area contributed by atoms with E-state index >= 15 is 0 Å². The first-order chi connectivity index (χ1) is 13.7. The highest BCUT2D eigenvalue weighted by Gasteiger charge is 2.36. The number of halogens is 2. The zero-order valence-electron chi connectivity index (χ0n) is 17.3. The lowest BCUT2D eigenvalue weighted by Gasteiger charge is -2.47. The number of amides is 1. The Hall–Kier alpha value is -1.54. The lowest BCUT2D eigenvalue weighted by Crippen LogP contribution is -2.55. The number of hydrogen-bond donors (Lipinski definition) is 2. The van der Waals surface area contributed by atoms with E-state index < -0.39 is 0 Å². The maximum atomic E-state index is 13.1. The fourth-order valence-electron chi connectivity index (χ4n) is 5.11. The summed E-state index contributed by atoms with van der Waals surface area (Å²) in [4.78, 5) is 22.4. The molecule has 7 nitrogen and oxygen atoms in total. The number of benzene rings is 1. The number of piperidine rings is 2. The third-order valence-corrected chi connectivity index (χ3v) is 6.71. The van der Waals surface area contributed by atoms with Crippen molar-refractivity contribution in [2.24, 2.45) is 0 Å². The normalized spacial score (nSPS) is 26.6. The summed E-state index contributed by atoms with van der Waals surface area (Å²) in [5.41, 5.74) is 1.97. The van der Waals surface area contributed by atoms with Gasteiger partial charge in [-0.3, -0.25) is 4.79 Å². The summed E-state index contributed by atoms with van der Waals surface area (Å²) in [5, 5.41) is 6.63. The zero-order valence-corrected chi connectivity index (χ0v) is 18.9. The van der Waals surface area contributed by atoms with Gasteiger partial charge in [0, 0.05) is 44.3 Å². The molecule has 0 radical (unpaired) electrons. The van der Waals surface area contributed by atoms with E-state index in [2.05, 4.69) is 32.5 Å². The molecule has 5 rings (SSSR count). The highest BCUT2D eigenvalue weighted by molar-refractivity contribution is 6.04. The summed E-state index contributed by atoms with van der Waals surface area (Å²) in [6, 6.07) is 7.69. The molecule has 3 fully saturated rings. The average molecular weight is 456 g/mol. The number of carbonyl (C=O) groups excluding carboxylic acids is 1. The molecule has 2 N–H and O–H groups in total. The summed E-state index contributed by atoms with van der Waals surface area (Å²) in [5.74, 6) is -0.0293. The molecule has 0 spiro atoms. The van der Waals surface area contributed by atoms with Gasteiger partial charge in [-0.2, -0.15) is 4.98 Å². The maximum absolute atomic E-state index is 13.1. The van der Waals surface area contributed by atoms with Crippen LogP contribution in [0.15, 0.2) is 22.6 Å². The molecule has 3 aliphatic rings. The molecule has 2 unspecified atom stereocenters. The molecule has 3 aliphatic heterocycles. The number of rotatable bonds is 3. The van der Waals surface area contributed by atoms with E-state index in [1.807, 2.05) is 18.2 Å². The summed E-state index contributed by atoms with van der Waals surface area (Å²) < 4.78 is 5.96. The number of nitrogens with zero attached hydrogens (tertiary/aromatic N) is 3. The van der Waals surface area contributed by atoms with Gasteiger partial charge in [0.1, 0.15) is 5.52 Å². The Bertz CT molecular complexity index is 856. The fraction of sp³-hybridized carbons (Fsp3) is 0.619. The quantitative estimate of drug-likeness (QED) is 0.740. The van der Waals surface area contributed by atoms with Crippen molar-refractivity contribution < 1.29 is 9.21 Å². The molecule has 2 bridgehead atoms. The first-order valence-electron chi connectivity index (χ1n) is 10.6. The van der Waals surface area contributed by atoms with Gasteiger partial charge in [-0.05, 0) is 44.9 Å². The van der Waals surface area contributed by atoms with Crippen molar-refractivity contribution in [3.8, 4) is 0 Å². The van der Waals surface area contributed by atoms with Gasteiger partial charge in [0.25, 0.3) is 11.9 Å². The van der Waals surface area contributed by atoms with E-state index in [1.54, 1.807) is 0 Å². The van der Waals surface area contributed by atoms with Crippen LogP contribution in [0.2, 0.25) is 0 Å².